The third-order valence-corrected chi connectivity index (χ3v) is 3.91. The van der Waals surface area contributed by atoms with Crippen molar-refractivity contribution in [2.45, 2.75) is 37.8 Å². The molecule has 5 heteroatoms. The number of aliphatic imine (C=N–C) groups is 1. The van der Waals surface area contributed by atoms with Crippen molar-refractivity contribution in [3.63, 3.8) is 0 Å². The van der Waals surface area contributed by atoms with E-state index in [1.54, 1.807) is 6.07 Å². The first-order valence-corrected chi connectivity index (χ1v) is 6.38. The summed E-state index contributed by atoms with van der Waals surface area (Å²) in [4.78, 5) is 10.8. The zero-order valence-corrected chi connectivity index (χ0v) is 10.4. The lowest BCUT2D eigenvalue weighted by atomic mass is 9.90. The molecule has 18 heavy (non-hydrogen) atoms. The van der Waals surface area contributed by atoms with E-state index in [9.17, 15) is 4.39 Å². The van der Waals surface area contributed by atoms with Crippen LogP contribution < -0.4 is 5.73 Å². The highest BCUT2D eigenvalue weighted by Gasteiger charge is 2.49. The van der Waals surface area contributed by atoms with Gasteiger partial charge in [-0.25, -0.2) is 4.39 Å². The summed E-state index contributed by atoms with van der Waals surface area (Å²) in [5.74, 6) is 0.292. The van der Waals surface area contributed by atoms with Crippen LogP contribution in [0.1, 0.15) is 31.9 Å². The van der Waals surface area contributed by atoms with Gasteiger partial charge in [-0.3, -0.25) is 9.98 Å². The fourth-order valence-electron chi connectivity index (χ4n) is 2.77. The van der Waals surface area contributed by atoms with Crippen molar-refractivity contribution in [2.75, 3.05) is 6.54 Å². The van der Waals surface area contributed by atoms with Crippen molar-refractivity contribution in [1.82, 2.24) is 9.88 Å². The third-order valence-electron chi connectivity index (χ3n) is 3.91. The molecule has 4 nitrogen and oxygen atoms in total. The van der Waals surface area contributed by atoms with Gasteiger partial charge in [0.25, 0.3) is 0 Å². The van der Waals surface area contributed by atoms with E-state index in [1.807, 2.05) is 0 Å². The molecule has 0 spiro atoms. The summed E-state index contributed by atoms with van der Waals surface area (Å²) in [5.41, 5.74) is 6.60. The Balaban J connectivity index is 2.01. The highest BCUT2D eigenvalue weighted by Crippen LogP contribution is 2.42. The molecule has 0 radical (unpaired) electrons. The van der Waals surface area contributed by atoms with Gasteiger partial charge >= 0.3 is 0 Å². The maximum Gasteiger partial charge on any atom is 0.192 e. The molecule has 1 fully saturated rings. The second-order valence-electron chi connectivity index (χ2n) is 5.02. The van der Waals surface area contributed by atoms with Gasteiger partial charge in [0.05, 0.1) is 18.4 Å². The predicted octanol–water partition coefficient (Wildman–Crippen LogP) is 1.62. The Kier molecular flexibility index (Phi) is 2.50. The van der Waals surface area contributed by atoms with Crippen LogP contribution in [0.15, 0.2) is 23.3 Å². The average Bonchev–Trinajstić information content (AvgIpc) is 3.15. The number of nitrogens with two attached hydrogens (primary N) is 1. The Bertz CT molecular complexity index is 480. The lowest BCUT2D eigenvalue weighted by molar-refractivity contribution is 0.179. The molecule has 2 N–H and O–H groups in total. The van der Waals surface area contributed by atoms with Gasteiger partial charge in [-0.05, 0) is 31.4 Å². The van der Waals surface area contributed by atoms with E-state index in [4.69, 9.17) is 5.73 Å². The van der Waals surface area contributed by atoms with Gasteiger partial charge in [-0.2, -0.15) is 0 Å². The summed E-state index contributed by atoms with van der Waals surface area (Å²) in [6.07, 6.45) is 4.44. The van der Waals surface area contributed by atoms with Gasteiger partial charge in [-0.1, -0.05) is 6.92 Å². The van der Waals surface area contributed by atoms with E-state index >= 15 is 0 Å². The van der Waals surface area contributed by atoms with Crippen LogP contribution in [0.3, 0.4) is 0 Å². The second kappa shape index (κ2) is 3.93. The van der Waals surface area contributed by atoms with Gasteiger partial charge in [0.15, 0.2) is 5.96 Å². The predicted molar refractivity (Wildman–Crippen MR) is 67.5 cm³/mol. The fraction of sp³-hybridized carbons (Fsp3) is 0.538. The molecule has 1 aromatic heterocycles. The van der Waals surface area contributed by atoms with Gasteiger partial charge in [-0.15, -0.1) is 0 Å². The van der Waals surface area contributed by atoms with E-state index in [-0.39, 0.29) is 11.4 Å². The first-order valence-electron chi connectivity index (χ1n) is 6.38. The molecule has 1 atom stereocenters. The first kappa shape index (κ1) is 11.4. The minimum atomic E-state index is -0.310. The molecule has 1 aliphatic carbocycles. The van der Waals surface area contributed by atoms with Crippen LogP contribution in [0.5, 0.6) is 0 Å². The molecular formula is C13H17FN4. The topological polar surface area (TPSA) is 54.5 Å². The Labute approximate surface area is 106 Å². The highest BCUT2D eigenvalue weighted by molar-refractivity contribution is 5.82. The lowest BCUT2D eigenvalue weighted by Crippen LogP contribution is -2.50. The van der Waals surface area contributed by atoms with Crippen molar-refractivity contribution in [2.24, 2.45) is 10.7 Å². The Morgan fingerprint density at radius 2 is 2.28 bits per heavy atom. The van der Waals surface area contributed by atoms with E-state index in [0.29, 0.717) is 18.5 Å². The normalized spacial score (nSPS) is 27.4. The largest absolute Gasteiger partial charge is 0.370 e. The zero-order chi connectivity index (χ0) is 12.8. The van der Waals surface area contributed by atoms with Crippen LogP contribution >= 0.6 is 0 Å². The molecule has 1 saturated carbocycles. The molecule has 2 aliphatic rings. The quantitative estimate of drug-likeness (QED) is 0.884. The smallest absolute Gasteiger partial charge is 0.192 e. The molecule has 0 aromatic carbocycles. The van der Waals surface area contributed by atoms with E-state index in [2.05, 4.69) is 21.8 Å². The fourth-order valence-corrected chi connectivity index (χ4v) is 2.77. The van der Waals surface area contributed by atoms with Crippen molar-refractivity contribution < 1.29 is 4.39 Å². The van der Waals surface area contributed by atoms with E-state index < -0.39 is 0 Å². The van der Waals surface area contributed by atoms with E-state index in [0.717, 1.165) is 25.0 Å². The summed E-state index contributed by atoms with van der Waals surface area (Å²) in [5, 5.41) is 0. The van der Waals surface area contributed by atoms with Crippen LogP contribution in [0, 0.1) is 5.82 Å². The minimum absolute atomic E-state index is 0.279. The number of aromatic nitrogens is 1. The maximum absolute atomic E-state index is 13.0. The average molecular weight is 248 g/mol. The zero-order valence-electron chi connectivity index (χ0n) is 10.4. The summed E-state index contributed by atoms with van der Waals surface area (Å²) >= 11 is 0. The maximum atomic E-state index is 13.0. The van der Waals surface area contributed by atoms with Gasteiger partial charge in [0.1, 0.15) is 11.4 Å². The molecule has 0 bridgehead atoms. The number of nitrogens with zero attached hydrogens (tertiary/aromatic N) is 3. The summed E-state index contributed by atoms with van der Waals surface area (Å²) in [6.45, 7) is 2.72. The number of guanidine groups is 1. The van der Waals surface area contributed by atoms with Crippen LogP contribution in [-0.2, 0) is 5.54 Å². The lowest BCUT2D eigenvalue weighted by Gasteiger charge is -2.38. The molecular weight excluding hydrogens is 231 g/mol. The monoisotopic (exact) mass is 248 g/mol. The third kappa shape index (κ3) is 1.57. The number of pyridine rings is 1. The molecule has 2 heterocycles. The summed E-state index contributed by atoms with van der Waals surface area (Å²) < 4.78 is 13.0. The van der Waals surface area contributed by atoms with Crippen LogP contribution in [0.2, 0.25) is 0 Å². The SMILES string of the molecule is CCC1(c2ccc(F)cn2)CN=C(N)N1C1CC1. The number of halogens is 1. The van der Waals surface area contributed by atoms with Crippen molar-refractivity contribution in [1.29, 1.82) is 0 Å². The van der Waals surface area contributed by atoms with Gasteiger partial charge in [0, 0.05) is 6.04 Å². The van der Waals surface area contributed by atoms with Gasteiger partial charge in [0.2, 0.25) is 0 Å². The Hall–Kier alpha value is -1.65. The molecule has 96 valence electrons. The molecule has 3 rings (SSSR count). The standard InChI is InChI=1S/C13H17FN4/c1-2-13(11-6-3-9(14)7-16-11)8-17-12(15)18(13)10-4-5-10/h3,6-7,10H,2,4-5,8H2,1H3,(H2,15,17). The molecule has 1 aliphatic heterocycles. The Morgan fingerprint density at radius 1 is 1.50 bits per heavy atom. The van der Waals surface area contributed by atoms with Crippen molar-refractivity contribution in [3.05, 3.63) is 29.8 Å². The number of hydrogen-bond donors (Lipinski definition) is 1. The second-order valence-corrected chi connectivity index (χ2v) is 5.02. The van der Waals surface area contributed by atoms with Crippen molar-refractivity contribution in [3.8, 4) is 0 Å². The van der Waals surface area contributed by atoms with Crippen molar-refractivity contribution >= 4 is 5.96 Å². The Morgan fingerprint density at radius 3 is 2.83 bits per heavy atom. The molecule has 0 saturated heterocycles. The summed E-state index contributed by atoms with van der Waals surface area (Å²) in [6, 6.07) is 3.69. The van der Waals surface area contributed by atoms with Gasteiger partial charge < -0.3 is 10.6 Å². The number of rotatable bonds is 3. The number of hydrogen-bond acceptors (Lipinski definition) is 4. The van der Waals surface area contributed by atoms with E-state index in [1.165, 1.54) is 12.3 Å². The summed E-state index contributed by atoms with van der Waals surface area (Å²) in [7, 11) is 0. The van der Waals surface area contributed by atoms with Crippen LogP contribution in [-0.4, -0.2) is 28.4 Å². The molecule has 1 aromatic rings. The first-order chi connectivity index (χ1) is 8.67. The highest BCUT2D eigenvalue weighted by atomic mass is 19.1. The van der Waals surface area contributed by atoms with Crippen LogP contribution in [0.4, 0.5) is 4.39 Å². The molecule has 1 unspecified atom stereocenters. The van der Waals surface area contributed by atoms with Crippen LogP contribution in [0.25, 0.3) is 0 Å². The molecule has 0 amide bonds. The minimum Gasteiger partial charge on any atom is -0.370 e.